The number of nitrogens with two attached hydrogens (primary N) is 1. The standard InChI is InChI=1S/C15H24N2O/c1-2-14(16)12-13-4-6-15(7-5-13)17-8-3-10-18-11-9-17/h4-7,14H,2-3,8-12,16H2,1H3. The molecule has 1 aromatic carbocycles. The van der Waals surface area contributed by atoms with Crippen molar-refractivity contribution < 1.29 is 4.74 Å². The lowest BCUT2D eigenvalue weighted by atomic mass is 10.0. The van der Waals surface area contributed by atoms with E-state index in [1.165, 1.54) is 11.3 Å². The van der Waals surface area contributed by atoms with E-state index in [9.17, 15) is 0 Å². The van der Waals surface area contributed by atoms with Crippen LogP contribution in [0.1, 0.15) is 25.3 Å². The molecule has 1 aliphatic rings. The van der Waals surface area contributed by atoms with Crippen LogP contribution < -0.4 is 10.6 Å². The van der Waals surface area contributed by atoms with Gasteiger partial charge in [-0.05, 0) is 37.0 Å². The van der Waals surface area contributed by atoms with Gasteiger partial charge in [0.25, 0.3) is 0 Å². The van der Waals surface area contributed by atoms with Crippen molar-refractivity contribution in [3.63, 3.8) is 0 Å². The zero-order chi connectivity index (χ0) is 12.8. The van der Waals surface area contributed by atoms with E-state index in [1.807, 2.05) is 0 Å². The van der Waals surface area contributed by atoms with Crippen molar-refractivity contribution in [3.8, 4) is 0 Å². The highest BCUT2D eigenvalue weighted by Gasteiger charge is 2.10. The first-order valence-electron chi connectivity index (χ1n) is 6.97. The van der Waals surface area contributed by atoms with Gasteiger partial charge in [-0.1, -0.05) is 19.1 Å². The molecule has 0 bridgehead atoms. The van der Waals surface area contributed by atoms with Crippen LogP contribution in [-0.4, -0.2) is 32.3 Å². The van der Waals surface area contributed by atoms with Gasteiger partial charge in [0.05, 0.1) is 6.61 Å². The zero-order valence-corrected chi connectivity index (χ0v) is 11.3. The largest absolute Gasteiger partial charge is 0.380 e. The summed E-state index contributed by atoms with van der Waals surface area (Å²) < 4.78 is 5.48. The smallest absolute Gasteiger partial charge is 0.0641 e. The minimum Gasteiger partial charge on any atom is -0.380 e. The Labute approximate surface area is 110 Å². The Bertz CT molecular complexity index is 342. The summed E-state index contributed by atoms with van der Waals surface area (Å²) in [5.41, 5.74) is 8.61. The van der Waals surface area contributed by atoms with Crippen LogP contribution in [0, 0.1) is 0 Å². The Morgan fingerprint density at radius 1 is 1.22 bits per heavy atom. The Morgan fingerprint density at radius 2 is 2.00 bits per heavy atom. The maximum absolute atomic E-state index is 5.98. The molecular formula is C15H24N2O. The molecule has 18 heavy (non-hydrogen) atoms. The average molecular weight is 248 g/mol. The van der Waals surface area contributed by atoms with Gasteiger partial charge in [-0.25, -0.2) is 0 Å². The highest BCUT2D eigenvalue weighted by atomic mass is 16.5. The first-order chi connectivity index (χ1) is 8.79. The Balaban J connectivity index is 1.97. The summed E-state index contributed by atoms with van der Waals surface area (Å²) in [6.45, 7) is 5.94. The van der Waals surface area contributed by atoms with E-state index in [-0.39, 0.29) is 6.04 Å². The molecule has 1 atom stereocenters. The Morgan fingerprint density at radius 3 is 2.72 bits per heavy atom. The van der Waals surface area contributed by atoms with Gasteiger partial charge in [0.2, 0.25) is 0 Å². The maximum Gasteiger partial charge on any atom is 0.0641 e. The summed E-state index contributed by atoms with van der Waals surface area (Å²) >= 11 is 0. The van der Waals surface area contributed by atoms with E-state index in [4.69, 9.17) is 10.5 Å². The number of anilines is 1. The van der Waals surface area contributed by atoms with Crippen molar-refractivity contribution in [2.24, 2.45) is 5.73 Å². The molecule has 1 saturated heterocycles. The van der Waals surface area contributed by atoms with E-state index < -0.39 is 0 Å². The first-order valence-corrected chi connectivity index (χ1v) is 6.97. The summed E-state index contributed by atoms with van der Waals surface area (Å²) in [5, 5.41) is 0. The summed E-state index contributed by atoms with van der Waals surface area (Å²) in [5.74, 6) is 0. The average Bonchev–Trinajstić information content (AvgIpc) is 2.68. The second-order valence-corrected chi connectivity index (χ2v) is 4.99. The van der Waals surface area contributed by atoms with Gasteiger partial charge >= 0.3 is 0 Å². The second kappa shape index (κ2) is 6.76. The number of hydrogen-bond acceptors (Lipinski definition) is 3. The molecule has 1 aromatic rings. The third kappa shape index (κ3) is 3.72. The van der Waals surface area contributed by atoms with Crippen LogP contribution in [0.2, 0.25) is 0 Å². The highest BCUT2D eigenvalue weighted by Crippen LogP contribution is 2.17. The predicted molar refractivity (Wildman–Crippen MR) is 76.1 cm³/mol. The van der Waals surface area contributed by atoms with Gasteiger partial charge in [-0.15, -0.1) is 0 Å². The Kier molecular flexibility index (Phi) is 5.02. The number of rotatable bonds is 4. The summed E-state index contributed by atoms with van der Waals surface area (Å²) in [6, 6.07) is 9.11. The highest BCUT2D eigenvalue weighted by molar-refractivity contribution is 5.47. The van der Waals surface area contributed by atoms with Gasteiger partial charge in [-0.2, -0.15) is 0 Å². The molecule has 100 valence electrons. The molecule has 1 unspecified atom stereocenters. The van der Waals surface area contributed by atoms with Gasteiger partial charge < -0.3 is 15.4 Å². The zero-order valence-electron chi connectivity index (χ0n) is 11.3. The molecule has 0 spiro atoms. The third-order valence-corrected chi connectivity index (χ3v) is 3.55. The predicted octanol–water partition coefficient (Wildman–Crippen LogP) is 2.19. The van der Waals surface area contributed by atoms with E-state index >= 15 is 0 Å². The summed E-state index contributed by atoms with van der Waals surface area (Å²) in [6.07, 6.45) is 3.12. The molecule has 0 saturated carbocycles. The molecule has 1 fully saturated rings. The van der Waals surface area contributed by atoms with Crippen LogP contribution in [0.5, 0.6) is 0 Å². The van der Waals surface area contributed by atoms with E-state index in [2.05, 4.69) is 36.1 Å². The number of hydrogen-bond donors (Lipinski definition) is 1. The minimum absolute atomic E-state index is 0.280. The van der Waals surface area contributed by atoms with E-state index in [1.54, 1.807) is 0 Å². The van der Waals surface area contributed by atoms with Gasteiger partial charge in [0.15, 0.2) is 0 Å². The Hall–Kier alpha value is -1.06. The molecule has 3 nitrogen and oxygen atoms in total. The number of ether oxygens (including phenoxy) is 1. The van der Waals surface area contributed by atoms with E-state index in [0.29, 0.717) is 0 Å². The molecule has 0 aromatic heterocycles. The lowest BCUT2D eigenvalue weighted by Gasteiger charge is -2.22. The molecule has 1 aliphatic heterocycles. The molecule has 0 radical (unpaired) electrons. The van der Waals surface area contributed by atoms with Crippen LogP contribution in [-0.2, 0) is 11.2 Å². The summed E-state index contributed by atoms with van der Waals surface area (Å²) in [4.78, 5) is 2.40. The maximum atomic E-state index is 5.98. The SMILES string of the molecule is CCC(N)Cc1ccc(N2CCCOCC2)cc1. The van der Waals surface area contributed by atoms with E-state index in [0.717, 1.165) is 45.6 Å². The fourth-order valence-electron chi connectivity index (χ4n) is 2.29. The molecule has 2 rings (SSSR count). The fraction of sp³-hybridized carbons (Fsp3) is 0.600. The van der Waals surface area contributed by atoms with Crippen molar-refractivity contribution in [1.82, 2.24) is 0 Å². The van der Waals surface area contributed by atoms with Crippen LogP contribution in [0.25, 0.3) is 0 Å². The van der Waals surface area contributed by atoms with Crippen LogP contribution >= 0.6 is 0 Å². The van der Waals surface area contributed by atoms with Crippen LogP contribution in [0.3, 0.4) is 0 Å². The normalized spacial score (nSPS) is 18.4. The van der Waals surface area contributed by atoms with Crippen molar-refractivity contribution in [2.45, 2.75) is 32.2 Å². The van der Waals surface area contributed by atoms with Gasteiger partial charge in [0.1, 0.15) is 0 Å². The molecule has 1 heterocycles. The second-order valence-electron chi connectivity index (χ2n) is 4.99. The lowest BCUT2D eigenvalue weighted by molar-refractivity contribution is 0.152. The van der Waals surface area contributed by atoms with Crippen LogP contribution in [0.4, 0.5) is 5.69 Å². The molecule has 2 N–H and O–H groups in total. The fourth-order valence-corrected chi connectivity index (χ4v) is 2.29. The number of nitrogens with zero attached hydrogens (tertiary/aromatic N) is 1. The third-order valence-electron chi connectivity index (χ3n) is 3.55. The monoisotopic (exact) mass is 248 g/mol. The first kappa shape index (κ1) is 13.4. The topological polar surface area (TPSA) is 38.5 Å². The quantitative estimate of drug-likeness (QED) is 0.887. The number of benzene rings is 1. The van der Waals surface area contributed by atoms with Crippen molar-refractivity contribution in [2.75, 3.05) is 31.2 Å². The molecule has 0 aliphatic carbocycles. The van der Waals surface area contributed by atoms with Crippen molar-refractivity contribution in [1.29, 1.82) is 0 Å². The summed E-state index contributed by atoms with van der Waals surface area (Å²) in [7, 11) is 0. The minimum atomic E-state index is 0.280. The van der Waals surface area contributed by atoms with Crippen molar-refractivity contribution in [3.05, 3.63) is 29.8 Å². The van der Waals surface area contributed by atoms with Gasteiger partial charge in [-0.3, -0.25) is 0 Å². The van der Waals surface area contributed by atoms with Gasteiger partial charge in [0, 0.05) is 31.4 Å². The lowest BCUT2D eigenvalue weighted by Crippen LogP contribution is -2.26. The van der Waals surface area contributed by atoms with Crippen LogP contribution in [0.15, 0.2) is 24.3 Å². The molecule has 0 amide bonds. The van der Waals surface area contributed by atoms with Crippen molar-refractivity contribution >= 4 is 5.69 Å². The molecule has 3 heteroatoms. The molecular weight excluding hydrogens is 224 g/mol.